The van der Waals surface area contributed by atoms with E-state index in [1.807, 2.05) is 10.0 Å². The van der Waals surface area contributed by atoms with E-state index >= 15 is 0 Å². The van der Waals surface area contributed by atoms with E-state index in [0.29, 0.717) is 10.6 Å². The van der Waals surface area contributed by atoms with Gasteiger partial charge in [0.1, 0.15) is 6.04 Å². The molecule has 0 aliphatic carbocycles. The zero-order valence-corrected chi connectivity index (χ0v) is 17.9. The average Bonchev–Trinajstić information content (AvgIpc) is 2.76. The molecule has 1 aromatic heterocycles. The number of carbonyl (C=O) groups excluding carboxylic acids is 3. The number of nitrogens with one attached hydrogen (secondary N) is 5. The van der Waals surface area contributed by atoms with Gasteiger partial charge in [-0.25, -0.2) is 14.3 Å². The SMILES string of the molecule is O=C(O)NC1CN(C(=O)NS(=O)(=O)Nc2ccc(C(=O)NCc3cc(=O)c(O)c[nH]3)cc2)C1=O. The molecule has 34 heavy (non-hydrogen) atoms. The number of β-lactam (4-membered cyclic amide) rings is 1. The van der Waals surface area contributed by atoms with Crippen LogP contribution in [0.2, 0.25) is 0 Å². The summed E-state index contributed by atoms with van der Waals surface area (Å²) < 4.78 is 27.9. The Labute approximate surface area is 191 Å². The number of carbonyl (C=O) groups is 4. The molecule has 3 rings (SSSR count). The van der Waals surface area contributed by atoms with Gasteiger partial charge in [-0.05, 0) is 24.3 Å². The molecule has 0 saturated carbocycles. The highest BCUT2D eigenvalue weighted by molar-refractivity contribution is 7.91. The number of likely N-dealkylation sites (tertiary alicyclic amines) is 1. The lowest BCUT2D eigenvalue weighted by molar-refractivity contribution is -0.138. The van der Waals surface area contributed by atoms with Crippen LogP contribution in [0.5, 0.6) is 5.75 Å². The number of anilines is 1. The molecule has 1 atom stereocenters. The van der Waals surface area contributed by atoms with Crippen LogP contribution >= 0.6 is 0 Å². The highest BCUT2D eigenvalue weighted by atomic mass is 32.2. The number of hydrogen-bond acceptors (Lipinski definition) is 8. The second kappa shape index (κ2) is 9.49. The highest BCUT2D eigenvalue weighted by Gasteiger charge is 2.42. The van der Waals surface area contributed by atoms with Gasteiger partial charge in [0, 0.05) is 23.5 Å². The summed E-state index contributed by atoms with van der Waals surface area (Å²) in [7, 11) is -4.44. The Morgan fingerprint density at radius 3 is 2.41 bits per heavy atom. The lowest BCUT2D eigenvalue weighted by Crippen LogP contribution is -2.67. The maximum atomic E-state index is 12.2. The summed E-state index contributed by atoms with van der Waals surface area (Å²) in [5, 5.41) is 22.2. The number of H-pyrrole nitrogens is 1. The average molecular weight is 494 g/mol. The van der Waals surface area contributed by atoms with Crippen molar-refractivity contribution >= 4 is 39.8 Å². The van der Waals surface area contributed by atoms with Crippen LogP contribution < -0.4 is 25.5 Å². The molecule has 5 amide bonds. The van der Waals surface area contributed by atoms with Gasteiger partial charge in [-0.1, -0.05) is 0 Å². The van der Waals surface area contributed by atoms with Crippen LogP contribution in [-0.2, 0) is 21.5 Å². The van der Waals surface area contributed by atoms with Gasteiger partial charge in [-0.2, -0.15) is 8.42 Å². The van der Waals surface area contributed by atoms with Gasteiger partial charge in [-0.3, -0.25) is 24.0 Å². The van der Waals surface area contributed by atoms with Crippen LogP contribution in [0.3, 0.4) is 0 Å². The van der Waals surface area contributed by atoms with E-state index in [1.165, 1.54) is 24.3 Å². The first kappa shape index (κ1) is 24.1. The number of carboxylic acid groups (broad SMARTS) is 1. The first-order chi connectivity index (χ1) is 15.9. The molecule has 16 heteroatoms. The Morgan fingerprint density at radius 2 is 1.82 bits per heavy atom. The molecule has 1 unspecified atom stereocenters. The summed E-state index contributed by atoms with van der Waals surface area (Å²) in [5.74, 6) is -1.89. The van der Waals surface area contributed by atoms with Crippen molar-refractivity contribution < 1.29 is 37.8 Å². The number of aromatic amines is 1. The third-order valence-corrected chi connectivity index (χ3v) is 5.43. The molecule has 1 fully saturated rings. The molecule has 1 aromatic carbocycles. The number of amides is 5. The number of imide groups is 1. The van der Waals surface area contributed by atoms with Crippen molar-refractivity contribution in [3.8, 4) is 5.75 Å². The first-order valence-electron chi connectivity index (χ1n) is 9.39. The first-order valence-corrected chi connectivity index (χ1v) is 10.9. The van der Waals surface area contributed by atoms with Crippen molar-refractivity contribution in [3.05, 3.63) is 58.0 Å². The second-order valence-electron chi connectivity index (χ2n) is 6.93. The Morgan fingerprint density at radius 1 is 1.15 bits per heavy atom. The van der Waals surface area contributed by atoms with Crippen molar-refractivity contribution in [2.45, 2.75) is 12.6 Å². The van der Waals surface area contributed by atoms with E-state index in [-0.39, 0.29) is 24.3 Å². The molecule has 0 spiro atoms. The molecule has 1 aliphatic rings. The third-order valence-electron chi connectivity index (χ3n) is 4.48. The summed E-state index contributed by atoms with van der Waals surface area (Å²) in [5.41, 5.74) is -0.0970. The number of aromatic nitrogens is 1. The zero-order chi connectivity index (χ0) is 25.0. The predicted octanol–water partition coefficient (Wildman–Crippen LogP) is -1.14. The number of pyridine rings is 1. The van der Waals surface area contributed by atoms with Crippen LogP contribution in [0.15, 0.2) is 41.3 Å². The molecular formula is C18H18N6O9S. The fraction of sp³-hybridized carbons (Fsp3) is 0.167. The summed E-state index contributed by atoms with van der Waals surface area (Å²) in [6, 6.07) is 3.84. The third kappa shape index (κ3) is 5.80. The number of hydrogen-bond donors (Lipinski definition) is 7. The van der Waals surface area contributed by atoms with E-state index in [0.717, 1.165) is 12.3 Å². The van der Waals surface area contributed by atoms with Gasteiger partial charge in [0.2, 0.25) is 5.43 Å². The van der Waals surface area contributed by atoms with Gasteiger partial charge < -0.3 is 25.8 Å². The largest absolute Gasteiger partial charge is 0.503 e. The van der Waals surface area contributed by atoms with Crippen LogP contribution in [0.25, 0.3) is 0 Å². The van der Waals surface area contributed by atoms with E-state index in [4.69, 9.17) is 5.11 Å². The quantitative estimate of drug-likeness (QED) is 0.230. The maximum absolute atomic E-state index is 12.2. The molecule has 1 saturated heterocycles. The molecule has 1 aliphatic heterocycles. The fourth-order valence-corrected chi connectivity index (χ4v) is 3.63. The van der Waals surface area contributed by atoms with Crippen LogP contribution in [-0.4, -0.2) is 65.0 Å². The van der Waals surface area contributed by atoms with Gasteiger partial charge in [0.25, 0.3) is 11.8 Å². The Balaban J connectivity index is 1.53. The van der Waals surface area contributed by atoms with Crippen molar-refractivity contribution in [1.29, 1.82) is 0 Å². The minimum absolute atomic E-state index is 0.0000657. The number of benzene rings is 1. The van der Waals surface area contributed by atoms with E-state index in [1.54, 1.807) is 4.72 Å². The Hall–Kier alpha value is -4.60. The summed E-state index contributed by atoms with van der Waals surface area (Å²) >= 11 is 0. The van der Waals surface area contributed by atoms with Gasteiger partial charge in [0.15, 0.2) is 5.75 Å². The lowest BCUT2D eigenvalue weighted by atomic mass is 10.1. The minimum atomic E-state index is -4.44. The predicted molar refractivity (Wildman–Crippen MR) is 114 cm³/mol. The van der Waals surface area contributed by atoms with Gasteiger partial charge >= 0.3 is 22.3 Å². The van der Waals surface area contributed by atoms with Crippen molar-refractivity contribution in [2.24, 2.45) is 0 Å². The molecule has 15 nitrogen and oxygen atoms in total. The zero-order valence-electron chi connectivity index (χ0n) is 17.1. The Kier molecular flexibility index (Phi) is 6.71. The van der Waals surface area contributed by atoms with Crippen molar-refractivity contribution in [3.63, 3.8) is 0 Å². The number of nitrogens with zero attached hydrogens (tertiary/aromatic N) is 1. The summed E-state index contributed by atoms with van der Waals surface area (Å²) in [6.45, 7) is -0.360. The summed E-state index contributed by atoms with van der Waals surface area (Å²) in [6.07, 6.45) is -0.368. The number of urea groups is 1. The Bertz CT molecular complexity index is 1310. The standard InChI is InChI=1S/C18H18N6O9S/c25-13-5-11(19-7-14(13)26)6-20-15(27)9-1-3-10(4-2-9)22-34(32,33)23-17(29)24-8-12(16(24)28)21-18(30)31/h1-5,7,12,21-22,26H,6,8H2,(H,19,25)(H,20,27)(H,23,29)(H,30,31). The molecule has 0 radical (unpaired) electrons. The van der Waals surface area contributed by atoms with Crippen LogP contribution in [0.1, 0.15) is 16.1 Å². The highest BCUT2D eigenvalue weighted by Crippen LogP contribution is 2.13. The lowest BCUT2D eigenvalue weighted by Gasteiger charge is -2.35. The van der Waals surface area contributed by atoms with E-state index < -0.39 is 51.4 Å². The van der Waals surface area contributed by atoms with Crippen LogP contribution in [0, 0.1) is 0 Å². The maximum Gasteiger partial charge on any atom is 0.405 e. The van der Waals surface area contributed by atoms with Crippen LogP contribution in [0.4, 0.5) is 15.3 Å². The fourth-order valence-electron chi connectivity index (χ4n) is 2.79. The molecule has 180 valence electrons. The second-order valence-corrected chi connectivity index (χ2v) is 8.35. The normalized spacial score (nSPS) is 15.1. The molecule has 0 bridgehead atoms. The van der Waals surface area contributed by atoms with Crippen molar-refractivity contribution in [1.82, 2.24) is 25.2 Å². The van der Waals surface area contributed by atoms with E-state index in [9.17, 15) is 37.5 Å². The molecular weight excluding hydrogens is 476 g/mol. The minimum Gasteiger partial charge on any atom is -0.503 e. The summed E-state index contributed by atoms with van der Waals surface area (Å²) in [4.78, 5) is 61.0. The van der Waals surface area contributed by atoms with Gasteiger partial charge in [0.05, 0.1) is 18.8 Å². The van der Waals surface area contributed by atoms with E-state index in [2.05, 4.69) is 10.3 Å². The molecule has 7 N–H and O–H groups in total. The number of rotatable bonds is 7. The topological polar surface area (TPSA) is 227 Å². The molecule has 2 heterocycles. The smallest absolute Gasteiger partial charge is 0.405 e. The number of aromatic hydroxyl groups is 1. The van der Waals surface area contributed by atoms with Crippen molar-refractivity contribution in [2.75, 3.05) is 11.3 Å². The monoisotopic (exact) mass is 494 g/mol. The molecule has 2 aromatic rings. The van der Waals surface area contributed by atoms with Gasteiger partial charge in [-0.15, -0.1) is 0 Å².